The zero-order chi connectivity index (χ0) is 11.0. The third kappa shape index (κ3) is 2.12. The van der Waals surface area contributed by atoms with Crippen molar-refractivity contribution in [1.29, 1.82) is 0 Å². The van der Waals surface area contributed by atoms with E-state index in [1.165, 1.54) is 16.9 Å². The molecule has 2 nitrogen and oxygen atoms in total. The smallest absolute Gasteiger partial charge is 0.0679 e. The molecule has 2 aliphatic heterocycles. The van der Waals surface area contributed by atoms with E-state index in [-0.39, 0.29) is 6.10 Å². The summed E-state index contributed by atoms with van der Waals surface area (Å²) in [6.45, 7) is 3.05. The maximum absolute atomic E-state index is 9.50. The summed E-state index contributed by atoms with van der Waals surface area (Å²) in [5.74, 6) is 0. The first-order valence-corrected chi connectivity index (χ1v) is 6.84. The van der Waals surface area contributed by atoms with Gasteiger partial charge in [0.2, 0.25) is 0 Å². The molecule has 3 rings (SSSR count). The maximum Gasteiger partial charge on any atom is 0.0679 e. The van der Waals surface area contributed by atoms with Crippen molar-refractivity contribution in [3.05, 3.63) is 29.8 Å². The highest BCUT2D eigenvalue weighted by Crippen LogP contribution is 2.37. The fourth-order valence-corrected chi connectivity index (χ4v) is 3.99. The van der Waals surface area contributed by atoms with E-state index < -0.39 is 0 Å². The van der Waals surface area contributed by atoms with Crippen LogP contribution in [0, 0.1) is 0 Å². The molecular formula is C13H17NOS. The second kappa shape index (κ2) is 4.40. The van der Waals surface area contributed by atoms with Crippen LogP contribution >= 0.6 is 11.8 Å². The molecule has 1 saturated heterocycles. The first-order chi connectivity index (χ1) is 7.81. The van der Waals surface area contributed by atoms with Gasteiger partial charge in [-0.2, -0.15) is 0 Å². The van der Waals surface area contributed by atoms with Gasteiger partial charge in [0, 0.05) is 29.8 Å². The number of hydrogen-bond acceptors (Lipinski definition) is 3. The minimum absolute atomic E-state index is 0.0891. The molecular weight excluding hydrogens is 218 g/mol. The predicted octanol–water partition coefficient (Wildman–Crippen LogP) is 1.77. The van der Waals surface area contributed by atoms with Gasteiger partial charge in [-0.1, -0.05) is 18.2 Å². The van der Waals surface area contributed by atoms with E-state index in [1.54, 1.807) is 0 Å². The summed E-state index contributed by atoms with van der Waals surface area (Å²) >= 11 is 2.00. The molecule has 1 fully saturated rings. The Bertz CT molecular complexity index is 357. The SMILES string of the molecule is O[C@H]1CCN(CC2Cc3ccccc3S2)C1. The van der Waals surface area contributed by atoms with Crippen LogP contribution in [0.4, 0.5) is 0 Å². The molecule has 0 aliphatic carbocycles. The van der Waals surface area contributed by atoms with Crippen LogP contribution in [0.5, 0.6) is 0 Å². The second-order valence-electron chi connectivity index (χ2n) is 4.75. The zero-order valence-corrected chi connectivity index (χ0v) is 10.1. The summed E-state index contributed by atoms with van der Waals surface area (Å²) in [6.07, 6.45) is 2.05. The van der Waals surface area contributed by atoms with Gasteiger partial charge in [0.25, 0.3) is 0 Å². The van der Waals surface area contributed by atoms with Crippen molar-refractivity contribution in [3.63, 3.8) is 0 Å². The Kier molecular flexibility index (Phi) is 2.92. The molecule has 16 heavy (non-hydrogen) atoms. The highest BCUT2D eigenvalue weighted by atomic mass is 32.2. The van der Waals surface area contributed by atoms with E-state index in [0.717, 1.165) is 26.1 Å². The molecule has 2 heterocycles. The number of aliphatic hydroxyl groups is 1. The molecule has 0 bridgehead atoms. The Hall–Kier alpha value is -0.510. The number of benzene rings is 1. The van der Waals surface area contributed by atoms with Crippen LogP contribution in [0.25, 0.3) is 0 Å². The summed E-state index contributed by atoms with van der Waals surface area (Å²) in [4.78, 5) is 3.85. The lowest BCUT2D eigenvalue weighted by Gasteiger charge is -2.18. The van der Waals surface area contributed by atoms with Crippen molar-refractivity contribution >= 4 is 11.8 Å². The molecule has 86 valence electrons. The van der Waals surface area contributed by atoms with Gasteiger partial charge >= 0.3 is 0 Å². The molecule has 2 atom stereocenters. The van der Waals surface area contributed by atoms with E-state index in [1.807, 2.05) is 11.8 Å². The number of hydrogen-bond donors (Lipinski definition) is 1. The van der Waals surface area contributed by atoms with Crippen molar-refractivity contribution < 1.29 is 5.11 Å². The highest BCUT2D eigenvalue weighted by molar-refractivity contribution is 8.00. The van der Waals surface area contributed by atoms with Crippen LogP contribution in [0.3, 0.4) is 0 Å². The molecule has 1 aromatic carbocycles. The lowest BCUT2D eigenvalue weighted by atomic mass is 10.1. The largest absolute Gasteiger partial charge is 0.392 e. The first kappa shape index (κ1) is 10.6. The number of fused-ring (bicyclic) bond motifs is 1. The molecule has 0 saturated carbocycles. The quantitative estimate of drug-likeness (QED) is 0.845. The second-order valence-corrected chi connectivity index (χ2v) is 6.10. The Morgan fingerprint density at radius 2 is 2.25 bits per heavy atom. The Morgan fingerprint density at radius 1 is 1.38 bits per heavy atom. The normalized spacial score (nSPS) is 29.6. The monoisotopic (exact) mass is 235 g/mol. The van der Waals surface area contributed by atoms with Gasteiger partial charge in [0.05, 0.1) is 6.10 Å². The van der Waals surface area contributed by atoms with E-state index in [2.05, 4.69) is 29.2 Å². The number of likely N-dealkylation sites (tertiary alicyclic amines) is 1. The zero-order valence-electron chi connectivity index (χ0n) is 9.30. The third-order valence-electron chi connectivity index (χ3n) is 3.42. The van der Waals surface area contributed by atoms with Gasteiger partial charge in [-0.05, 0) is 24.5 Å². The summed E-state index contributed by atoms with van der Waals surface area (Å²) in [5, 5.41) is 10.2. The van der Waals surface area contributed by atoms with E-state index in [0.29, 0.717) is 5.25 Å². The topological polar surface area (TPSA) is 23.5 Å². The van der Waals surface area contributed by atoms with Gasteiger partial charge in [-0.3, -0.25) is 4.90 Å². The minimum atomic E-state index is -0.0891. The van der Waals surface area contributed by atoms with Gasteiger partial charge in [-0.25, -0.2) is 0 Å². The average Bonchev–Trinajstić information content (AvgIpc) is 2.84. The standard InChI is InChI=1S/C13H17NOS/c15-11-5-6-14(8-11)9-12-7-10-3-1-2-4-13(10)16-12/h1-4,11-12,15H,5-9H2/t11-,12?/m0/s1. The van der Waals surface area contributed by atoms with Gasteiger partial charge in [0.15, 0.2) is 0 Å². The van der Waals surface area contributed by atoms with Crippen molar-refractivity contribution in [2.75, 3.05) is 19.6 Å². The number of nitrogens with zero attached hydrogens (tertiary/aromatic N) is 1. The van der Waals surface area contributed by atoms with Crippen LogP contribution in [-0.4, -0.2) is 41.0 Å². The van der Waals surface area contributed by atoms with Gasteiger partial charge < -0.3 is 5.11 Å². The summed E-state index contributed by atoms with van der Waals surface area (Å²) in [6, 6.07) is 8.70. The molecule has 0 amide bonds. The molecule has 3 heteroatoms. The molecule has 1 unspecified atom stereocenters. The number of aliphatic hydroxyl groups excluding tert-OH is 1. The predicted molar refractivity (Wildman–Crippen MR) is 66.9 cm³/mol. The van der Waals surface area contributed by atoms with Gasteiger partial charge in [-0.15, -0.1) is 11.8 Å². The van der Waals surface area contributed by atoms with Crippen LogP contribution in [-0.2, 0) is 6.42 Å². The van der Waals surface area contributed by atoms with Crippen LogP contribution in [0.15, 0.2) is 29.2 Å². The summed E-state index contributed by atoms with van der Waals surface area (Å²) in [7, 11) is 0. The fraction of sp³-hybridized carbons (Fsp3) is 0.538. The van der Waals surface area contributed by atoms with Crippen LogP contribution in [0.2, 0.25) is 0 Å². The summed E-state index contributed by atoms with van der Waals surface area (Å²) < 4.78 is 0. The Morgan fingerprint density at radius 3 is 3.00 bits per heavy atom. The lowest BCUT2D eigenvalue weighted by molar-refractivity contribution is 0.176. The van der Waals surface area contributed by atoms with Crippen molar-refractivity contribution in [3.8, 4) is 0 Å². The molecule has 0 spiro atoms. The van der Waals surface area contributed by atoms with Crippen molar-refractivity contribution in [2.45, 2.75) is 29.1 Å². The summed E-state index contributed by atoms with van der Waals surface area (Å²) in [5.41, 5.74) is 1.50. The number of thioether (sulfide) groups is 1. The number of rotatable bonds is 2. The van der Waals surface area contributed by atoms with Crippen molar-refractivity contribution in [2.24, 2.45) is 0 Å². The first-order valence-electron chi connectivity index (χ1n) is 5.96. The maximum atomic E-state index is 9.50. The third-order valence-corrected chi connectivity index (χ3v) is 4.72. The Balaban J connectivity index is 1.60. The van der Waals surface area contributed by atoms with Crippen LogP contribution < -0.4 is 0 Å². The average molecular weight is 235 g/mol. The van der Waals surface area contributed by atoms with E-state index in [9.17, 15) is 5.11 Å². The fourth-order valence-electron chi connectivity index (χ4n) is 2.62. The van der Waals surface area contributed by atoms with Crippen LogP contribution in [0.1, 0.15) is 12.0 Å². The molecule has 0 radical (unpaired) electrons. The van der Waals surface area contributed by atoms with Crippen molar-refractivity contribution in [1.82, 2.24) is 4.90 Å². The molecule has 1 aromatic rings. The minimum Gasteiger partial charge on any atom is -0.392 e. The Labute approximate surface area is 101 Å². The lowest BCUT2D eigenvalue weighted by Crippen LogP contribution is -2.29. The van der Waals surface area contributed by atoms with E-state index in [4.69, 9.17) is 0 Å². The molecule has 0 aromatic heterocycles. The number of β-amino-alcohol motifs (C(OH)–C–C–N with tert-alkyl or cyclic N) is 1. The van der Waals surface area contributed by atoms with E-state index >= 15 is 0 Å². The molecule has 2 aliphatic rings. The highest BCUT2D eigenvalue weighted by Gasteiger charge is 2.27. The molecule has 1 N–H and O–H groups in total. The van der Waals surface area contributed by atoms with Gasteiger partial charge in [0.1, 0.15) is 0 Å².